The number of hydrogen-bond acceptors (Lipinski definition) is 6. The molecular formula is C11H13ClN2O6S. The summed E-state index contributed by atoms with van der Waals surface area (Å²) < 4.78 is 28.3. The van der Waals surface area contributed by atoms with Gasteiger partial charge >= 0.3 is 0 Å². The van der Waals surface area contributed by atoms with E-state index in [0.717, 1.165) is 6.07 Å². The topological polar surface area (TPSA) is 116 Å². The maximum absolute atomic E-state index is 11.5. The smallest absolute Gasteiger partial charge is 0.271 e. The van der Waals surface area contributed by atoms with Crippen molar-refractivity contribution < 1.29 is 22.9 Å². The molecule has 0 saturated carbocycles. The number of carbonyl (C=O) groups is 1. The highest BCUT2D eigenvalue weighted by molar-refractivity contribution is 8.13. The number of nitro groups is 1. The van der Waals surface area contributed by atoms with Gasteiger partial charge in [-0.2, -0.15) is 0 Å². The van der Waals surface area contributed by atoms with Crippen LogP contribution in [0.4, 0.5) is 5.69 Å². The summed E-state index contributed by atoms with van der Waals surface area (Å²) in [5.74, 6) is -0.385. The van der Waals surface area contributed by atoms with Crippen molar-refractivity contribution >= 4 is 31.3 Å². The van der Waals surface area contributed by atoms with Crippen LogP contribution in [0, 0.1) is 17.0 Å². The van der Waals surface area contributed by atoms with E-state index in [1.807, 2.05) is 0 Å². The fourth-order valence-corrected chi connectivity index (χ4v) is 2.61. The number of nitrogens with one attached hydrogen (secondary N) is 1. The van der Waals surface area contributed by atoms with Crippen molar-refractivity contribution in [1.82, 2.24) is 5.32 Å². The molecule has 0 aliphatic rings. The van der Waals surface area contributed by atoms with Crippen molar-refractivity contribution in [3.05, 3.63) is 27.8 Å². The normalized spacial score (nSPS) is 11.0. The Morgan fingerprint density at radius 1 is 1.48 bits per heavy atom. The Kier molecular flexibility index (Phi) is 5.50. The number of amides is 1. The second-order valence-corrected chi connectivity index (χ2v) is 6.59. The molecule has 1 rings (SSSR count). The number of halogens is 1. The molecule has 1 N–H and O–H groups in total. The lowest BCUT2D eigenvalue weighted by Crippen LogP contribution is -2.20. The average molecular weight is 337 g/mol. The summed E-state index contributed by atoms with van der Waals surface area (Å²) >= 11 is 0. The van der Waals surface area contributed by atoms with Crippen LogP contribution < -0.4 is 10.1 Å². The average Bonchev–Trinajstić information content (AvgIpc) is 2.38. The third-order valence-electron chi connectivity index (χ3n) is 2.55. The highest BCUT2D eigenvalue weighted by Crippen LogP contribution is 2.34. The van der Waals surface area contributed by atoms with Gasteiger partial charge in [-0.1, -0.05) is 0 Å². The van der Waals surface area contributed by atoms with Crippen LogP contribution in [0.3, 0.4) is 0 Å². The summed E-state index contributed by atoms with van der Waals surface area (Å²) in [6.07, 6.45) is 0.00863. The number of nitro benzene ring substituents is 1. The van der Waals surface area contributed by atoms with Crippen LogP contribution in [0.5, 0.6) is 5.75 Å². The van der Waals surface area contributed by atoms with Crippen LogP contribution in [0.15, 0.2) is 17.0 Å². The molecule has 0 bridgehead atoms. The van der Waals surface area contributed by atoms with E-state index in [1.165, 1.54) is 20.0 Å². The number of hydrogen-bond donors (Lipinski definition) is 1. The van der Waals surface area contributed by atoms with Gasteiger partial charge in [-0.05, 0) is 12.5 Å². The Labute approximate surface area is 125 Å². The Morgan fingerprint density at radius 2 is 2.10 bits per heavy atom. The van der Waals surface area contributed by atoms with Gasteiger partial charge in [-0.3, -0.25) is 14.9 Å². The zero-order valence-electron chi connectivity index (χ0n) is 11.3. The molecule has 0 unspecified atom stereocenters. The molecular weight excluding hydrogens is 324 g/mol. The van der Waals surface area contributed by atoms with Crippen LogP contribution in [0.2, 0.25) is 0 Å². The van der Waals surface area contributed by atoms with Crippen LogP contribution in [0.1, 0.15) is 12.0 Å². The molecule has 0 aliphatic carbocycles. The molecule has 1 amide bonds. The van der Waals surface area contributed by atoms with E-state index < -0.39 is 24.6 Å². The SMILES string of the molecule is CNC(=O)CCOc1c(C)cc([N+](=O)[O-])cc1S(=O)(=O)Cl. The first-order valence-corrected chi connectivity index (χ1v) is 8.05. The summed E-state index contributed by atoms with van der Waals surface area (Å²) in [5, 5.41) is 13.1. The Morgan fingerprint density at radius 3 is 2.57 bits per heavy atom. The number of carbonyl (C=O) groups excluding carboxylic acids is 1. The quantitative estimate of drug-likeness (QED) is 0.476. The van der Waals surface area contributed by atoms with Crippen molar-refractivity contribution in [2.75, 3.05) is 13.7 Å². The summed E-state index contributed by atoms with van der Waals surface area (Å²) in [4.78, 5) is 20.6. The van der Waals surface area contributed by atoms with Crippen LogP contribution in [0.25, 0.3) is 0 Å². The second kappa shape index (κ2) is 6.72. The van der Waals surface area contributed by atoms with E-state index in [0.29, 0.717) is 0 Å². The lowest BCUT2D eigenvalue weighted by Gasteiger charge is -2.12. The van der Waals surface area contributed by atoms with Gasteiger partial charge in [-0.15, -0.1) is 0 Å². The molecule has 0 saturated heterocycles. The van der Waals surface area contributed by atoms with Crippen LogP contribution in [-0.4, -0.2) is 32.9 Å². The van der Waals surface area contributed by atoms with Crippen molar-refractivity contribution in [1.29, 1.82) is 0 Å². The van der Waals surface area contributed by atoms with Gasteiger partial charge in [0.2, 0.25) is 5.91 Å². The predicted octanol–water partition coefficient (Wildman–Crippen LogP) is 1.35. The van der Waals surface area contributed by atoms with Crippen molar-refractivity contribution in [2.24, 2.45) is 0 Å². The molecule has 0 aliphatic heterocycles. The van der Waals surface area contributed by atoms with Gasteiger partial charge in [0.05, 0.1) is 18.0 Å². The fraction of sp³-hybridized carbons (Fsp3) is 0.364. The van der Waals surface area contributed by atoms with Crippen molar-refractivity contribution in [2.45, 2.75) is 18.2 Å². The maximum Gasteiger partial charge on any atom is 0.271 e. The monoisotopic (exact) mass is 336 g/mol. The lowest BCUT2D eigenvalue weighted by atomic mass is 10.2. The number of non-ortho nitro benzene ring substituents is 1. The molecule has 0 aromatic heterocycles. The summed E-state index contributed by atoms with van der Waals surface area (Å²) in [6.45, 7) is 1.37. The molecule has 1 aromatic rings. The lowest BCUT2D eigenvalue weighted by molar-refractivity contribution is -0.385. The molecule has 0 fully saturated rings. The third-order valence-corrected chi connectivity index (χ3v) is 3.88. The van der Waals surface area contributed by atoms with E-state index in [-0.39, 0.29) is 30.2 Å². The number of ether oxygens (including phenoxy) is 1. The number of rotatable bonds is 6. The first kappa shape index (κ1) is 17.2. The Balaban J connectivity index is 3.18. The van der Waals surface area contributed by atoms with Crippen LogP contribution in [-0.2, 0) is 13.8 Å². The van der Waals surface area contributed by atoms with Gasteiger partial charge in [0.25, 0.3) is 14.7 Å². The number of aryl methyl sites for hydroxylation is 1. The number of nitrogens with zero attached hydrogens (tertiary/aromatic N) is 1. The summed E-state index contributed by atoms with van der Waals surface area (Å²) in [7, 11) is 2.50. The third kappa shape index (κ3) is 4.57. The zero-order valence-corrected chi connectivity index (χ0v) is 12.8. The predicted molar refractivity (Wildman–Crippen MR) is 75.1 cm³/mol. The van der Waals surface area contributed by atoms with Gasteiger partial charge in [0.15, 0.2) is 0 Å². The van der Waals surface area contributed by atoms with Gasteiger partial charge < -0.3 is 10.1 Å². The van der Waals surface area contributed by atoms with E-state index in [4.69, 9.17) is 15.4 Å². The Hall–Kier alpha value is -1.87. The van der Waals surface area contributed by atoms with E-state index >= 15 is 0 Å². The number of benzene rings is 1. The highest BCUT2D eigenvalue weighted by Gasteiger charge is 2.24. The summed E-state index contributed by atoms with van der Waals surface area (Å²) in [6, 6.07) is 1.99. The minimum atomic E-state index is -4.23. The molecule has 21 heavy (non-hydrogen) atoms. The molecule has 0 spiro atoms. The van der Waals surface area contributed by atoms with Gasteiger partial charge in [-0.25, -0.2) is 8.42 Å². The molecule has 10 heteroatoms. The molecule has 1 aromatic carbocycles. The Bertz CT molecular complexity index is 674. The maximum atomic E-state index is 11.5. The standard InChI is InChI=1S/C11H13ClN2O6S/c1-7-5-8(14(16)17)6-9(21(12,18)19)11(7)20-4-3-10(15)13-2/h5-6H,3-4H2,1-2H3,(H,13,15). The second-order valence-electron chi connectivity index (χ2n) is 4.06. The zero-order chi connectivity index (χ0) is 16.2. The minimum Gasteiger partial charge on any atom is -0.491 e. The molecule has 0 heterocycles. The van der Waals surface area contributed by atoms with Gasteiger partial charge in [0, 0.05) is 29.9 Å². The minimum absolute atomic E-state index is 0.00863. The molecule has 0 atom stereocenters. The molecule has 116 valence electrons. The highest BCUT2D eigenvalue weighted by atomic mass is 35.7. The summed E-state index contributed by atoms with van der Waals surface area (Å²) in [5.41, 5.74) is -0.175. The molecule has 8 nitrogen and oxygen atoms in total. The van der Waals surface area contributed by atoms with Crippen LogP contribution >= 0.6 is 10.7 Å². The molecule has 0 radical (unpaired) electrons. The van der Waals surface area contributed by atoms with E-state index in [9.17, 15) is 23.3 Å². The van der Waals surface area contributed by atoms with Gasteiger partial charge in [0.1, 0.15) is 10.6 Å². The first-order valence-electron chi connectivity index (χ1n) is 5.74. The van der Waals surface area contributed by atoms with E-state index in [2.05, 4.69) is 5.32 Å². The van der Waals surface area contributed by atoms with Crippen molar-refractivity contribution in [3.8, 4) is 5.75 Å². The largest absolute Gasteiger partial charge is 0.491 e. The fourth-order valence-electron chi connectivity index (χ4n) is 1.57. The first-order chi connectivity index (χ1) is 9.66. The van der Waals surface area contributed by atoms with Crippen molar-refractivity contribution in [3.63, 3.8) is 0 Å². The van der Waals surface area contributed by atoms with E-state index in [1.54, 1.807) is 0 Å².